The topological polar surface area (TPSA) is 55.1 Å². The lowest BCUT2D eigenvalue weighted by molar-refractivity contribution is 0.100. The van der Waals surface area contributed by atoms with E-state index < -0.39 is 5.91 Å². The highest BCUT2D eigenvalue weighted by Crippen LogP contribution is 2.14. The number of primary amides is 1. The molecule has 0 saturated heterocycles. The third-order valence-electron chi connectivity index (χ3n) is 2.87. The van der Waals surface area contributed by atoms with Crippen LogP contribution < -0.4 is 11.1 Å². The fourth-order valence-electron chi connectivity index (χ4n) is 1.80. The summed E-state index contributed by atoms with van der Waals surface area (Å²) in [5, 5.41) is 3.17. The van der Waals surface area contributed by atoms with Crippen molar-refractivity contribution in [3.63, 3.8) is 0 Å². The molecule has 1 amide bonds. The molecule has 0 aliphatic heterocycles. The van der Waals surface area contributed by atoms with Gasteiger partial charge in [0.2, 0.25) is 5.91 Å². The number of carbonyl (C=O) groups is 1. The van der Waals surface area contributed by atoms with E-state index in [1.807, 2.05) is 6.07 Å². The Bertz CT molecular complexity index is 611. The summed E-state index contributed by atoms with van der Waals surface area (Å²) in [5.74, 6) is -0.666. The molecular weight excluding hydrogens is 243 g/mol. The summed E-state index contributed by atoms with van der Waals surface area (Å²) >= 11 is 0. The minimum Gasteiger partial charge on any atom is -0.381 e. The van der Waals surface area contributed by atoms with Gasteiger partial charge in [0.25, 0.3) is 0 Å². The molecule has 0 unspecified atom stereocenters. The van der Waals surface area contributed by atoms with Crippen LogP contribution in [-0.2, 0) is 6.54 Å². The molecular formula is C15H15FN2O. The zero-order chi connectivity index (χ0) is 13.8. The highest BCUT2D eigenvalue weighted by atomic mass is 19.1. The average molecular weight is 258 g/mol. The first-order valence-electron chi connectivity index (χ1n) is 5.95. The Morgan fingerprint density at radius 2 is 2.05 bits per heavy atom. The van der Waals surface area contributed by atoms with Gasteiger partial charge < -0.3 is 11.1 Å². The summed E-state index contributed by atoms with van der Waals surface area (Å²) in [6.07, 6.45) is 0. The number of nitrogens with two attached hydrogens (primary N) is 1. The van der Waals surface area contributed by atoms with Crippen molar-refractivity contribution in [2.45, 2.75) is 13.5 Å². The second-order valence-corrected chi connectivity index (χ2v) is 4.38. The summed E-state index contributed by atoms with van der Waals surface area (Å²) in [4.78, 5) is 11.1. The van der Waals surface area contributed by atoms with Crippen molar-refractivity contribution >= 4 is 11.6 Å². The number of hydrogen-bond donors (Lipinski definition) is 2. The van der Waals surface area contributed by atoms with Crippen LogP contribution in [0.1, 0.15) is 21.5 Å². The smallest absolute Gasteiger partial charge is 0.248 e. The summed E-state index contributed by atoms with van der Waals surface area (Å²) in [6, 6.07) is 11.9. The quantitative estimate of drug-likeness (QED) is 0.886. The molecule has 0 bridgehead atoms. The summed E-state index contributed by atoms with van der Waals surface area (Å²) in [5.41, 5.74) is 8.07. The van der Waals surface area contributed by atoms with Crippen LogP contribution in [-0.4, -0.2) is 5.91 Å². The van der Waals surface area contributed by atoms with E-state index in [9.17, 15) is 9.18 Å². The molecule has 0 spiro atoms. The molecule has 0 atom stereocenters. The van der Waals surface area contributed by atoms with Crippen molar-refractivity contribution in [2.75, 3.05) is 5.32 Å². The Hall–Kier alpha value is -2.36. The monoisotopic (exact) mass is 258 g/mol. The van der Waals surface area contributed by atoms with E-state index in [4.69, 9.17) is 5.73 Å². The van der Waals surface area contributed by atoms with Crippen molar-refractivity contribution in [3.05, 3.63) is 65.0 Å². The Morgan fingerprint density at radius 3 is 2.74 bits per heavy atom. The first-order valence-corrected chi connectivity index (χ1v) is 5.95. The fraction of sp³-hybridized carbons (Fsp3) is 0.133. The molecule has 4 heteroatoms. The third-order valence-corrected chi connectivity index (χ3v) is 2.87. The Balaban J connectivity index is 2.07. The number of carbonyl (C=O) groups excluding carboxylic acids is 1. The molecule has 2 aromatic rings. The Kier molecular flexibility index (Phi) is 3.80. The summed E-state index contributed by atoms with van der Waals surface area (Å²) < 4.78 is 13.1. The predicted molar refractivity (Wildman–Crippen MR) is 73.4 cm³/mol. The van der Waals surface area contributed by atoms with Crippen LogP contribution in [0.2, 0.25) is 0 Å². The Morgan fingerprint density at radius 1 is 1.26 bits per heavy atom. The zero-order valence-electron chi connectivity index (χ0n) is 10.6. The zero-order valence-corrected chi connectivity index (χ0v) is 10.6. The molecule has 0 radical (unpaired) electrons. The highest BCUT2D eigenvalue weighted by Gasteiger charge is 2.02. The van der Waals surface area contributed by atoms with Crippen LogP contribution in [0.15, 0.2) is 42.5 Å². The lowest BCUT2D eigenvalue weighted by atomic mass is 10.1. The molecule has 0 aliphatic carbocycles. The predicted octanol–water partition coefficient (Wildman–Crippen LogP) is 2.85. The molecule has 98 valence electrons. The van der Waals surface area contributed by atoms with Crippen LogP contribution in [0, 0.1) is 12.7 Å². The van der Waals surface area contributed by atoms with Gasteiger partial charge in [0.05, 0.1) is 0 Å². The maximum absolute atomic E-state index is 13.1. The molecule has 0 aliphatic rings. The maximum Gasteiger partial charge on any atom is 0.248 e. The number of rotatable bonds is 4. The van der Waals surface area contributed by atoms with Crippen molar-refractivity contribution in [1.82, 2.24) is 0 Å². The molecule has 0 aromatic heterocycles. The lowest BCUT2D eigenvalue weighted by Crippen LogP contribution is -2.11. The number of hydrogen-bond acceptors (Lipinski definition) is 2. The molecule has 0 heterocycles. The average Bonchev–Trinajstić information content (AvgIpc) is 2.40. The normalized spacial score (nSPS) is 10.2. The van der Waals surface area contributed by atoms with Crippen molar-refractivity contribution < 1.29 is 9.18 Å². The summed E-state index contributed by atoms with van der Waals surface area (Å²) in [7, 11) is 0. The largest absolute Gasteiger partial charge is 0.381 e. The van der Waals surface area contributed by atoms with Crippen molar-refractivity contribution in [3.8, 4) is 0 Å². The SMILES string of the molecule is Cc1cc(CNc2cccc(C(N)=O)c2)ccc1F. The molecule has 2 aromatic carbocycles. The minimum atomic E-state index is -0.457. The van der Waals surface area contributed by atoms with Gasteiger partial charge in [-0.2, -0.15) is 0 Å². The first kappa shape index (κ1) is 13.1. The van der Waals surface area contributed by atoms with E-state index in [0.29, 0.717) is 17.7 Å². The van der Waals surface area contributed by atoms with Gasteiger partial charge in [-0.15, -0.1) is 0 Å². The molecule has 0 saturated carbocycles. The van der Waals surface area contributed by atoms with Gasteiger partial charge in [0.15, 0.2) is 0 Å². The van der Waals surface area contributed by atoms with Gasteiger partial charge in [-0.05, 0) is 42.3 Å². The summed E-state index contributed by atoms with van der Waals surface area (Å²) in [6.45, 7) is 2.29. The van der Waals surface area contributed by atoms with E-state index >= 15 is 0 Å². The van der Waals surface area contributed by atoms with Gasteiger partial charge in [-0.25, -0.2) is 4.39 Å². The van der Waals surface area contributed by atoms with Gasteiger partial charge in [0.1, 0.15) is 5.82 Å². The fourth-order valence-corrected chi connectivity index (χ4v) is 1.80. The second-order valence-electron chi connectivity index (χ2n) is 4.38. The van der Waals surface area contributed by atoms with Crippen LogP contribution in [0.4, 0.5) is 10.1 Å². The Labute approximate surface area is 111 Å². The number of aryl methyl sites for hydroxylation is 1. The van der Waals surface area contributed by atoms with Gasteiger partial charge in [0, 0.05) is 17.8 Å². The number of halogens is 1. The van der Waals surface area contributed by atoms with E-state index in [1.54, 1.807) is 37.3 Å². The lowest BCUT2D eigenvalue weighted by Gasteiger charge is -2.08. The molecule has 2 rings (SSSR count). The molecule has 0 fully saturated rings. The van der Waals surface area contributed by atoms with Gasteiger partial charge in [-0.3, -0.25) is 4.79 Å². The molecule has 19 heavy (non-hydrogen) atoms. The van der Waals surface area contributed by atoms with Crippen molar-refractivity contribution in [2.24, 2.45) is 5.73 Å². The molecule has 3 N–H and O–H groups in total. The van der Waals surface area contributed by atoms with Gasteiger partial charge >= 0.3 is 0 Å². The van der Waals surface area contributed by atoms with E-state index in [0.717, 1.165) is 11.3 Å². The minimum absolute atomic E-state index is 0.209. The van der Waals surface area contributed by atoms with E-state index in [2.05, 4.69) is 5.32 Å². The number of amides is 1. The van der Waals surface area contributed by atoms with Crippen LogP contribution >= 0.6 is 0 Å². The number of anilines is 1. The highest BCUT2D eigenvalue weighted by molar-refractivity contribution is 5.93. The van der Waals surface area contributed by atoms with Crippen LogP contribution in [0.25, 0.3) is 0 Å². The van der Waals surface area contributed by atoms with E-state index in [1.165, 1.54) is 6.07 Å². The number of nitrogens with one attached hydrogen (secondary N) is 1. The first-order chi connectivity index (χ1) is 9.06. The van der Waals surface area contributed by atoms with E-state index in [-0.39, 0.29) is 5.82 Å². The maximum atomic E-state index is 13.1. The van der Waals surface area contributed by atoms with Crippen LogP contribution in [0.5, 0.6) is 0 Å². The second kappa shape index (κ2) is 5.52. The van der Waals surface area contributed by atoms with Crippen LogP contribution in [0.3, 0.4) is 0 Å². The van der Waals surface area contributed by atoms with Gasteiger partial charge in [-0.1, -0.05) is 18.2 Å². The molecule has 3 nitrogen and oxygen atoms in total. The van der Waals surface area contributed by atoms with Crippen molar-refractivity contribution in [1.29, 1.82) is 0 Å². The number of benzene rings is 2. The third kappa shape index (κ3) is 3.31. The standard InChI is InChI=1S/C15H15FN2O/c1-10-7-11(5-6-14(10)16)9-18-13-4-2-3-12(8-13)15(17)19/h2-8,18H,9H2,1H3,(H2,17,19).